The molecule has 0 amide bonds. The fourth-order valence-electron chi connectivity index (χ4n) is 2.83. The molecule has 0 atom stereocenters. The van der Waals surface area contributed by atoms with Crippen LogP contribution in [0.2, 0.25) is 0 Å². The number of nitrogens with zero attached hydrogens (tertiary/aromatic N) is 1. The normalized spacial score (nSPS) is 16.6. The lowest BCUT2D eigenvalue weighted by molar-refractivity contribution is 0.192. The van der Waals surface area contributed by atoms with E-state index in [9.17, 15) is 0 Å². The van der Waals surface area contributed by atoms with E-state index in [-0.39, 0.29) is 0 Å². The molecule has 1 aromatic carbocycles. The van der Waals surface area contributed by atoms with E-state index >= 15 is 0 Å². The summed E-state index contributed by atoms with van der Waals surface area (Å²) in [5, 5.41) is 3.70. The molecule has 0 aliphatic carbocycles. The van der Waals surface area contributed by atoms with Gasteiger partial charge in [-0.05, 0) is 50.8 Å². The largest absolute Gasteiger partial charge is 0.385 e. The van der Waals surface area contributed by atoms with Crippen LogP contribution in [0, 0.1) is 0 Å². The first kappa shape index (κ1) is 15.3. The van der Waals surface area contributed by atoms with E-state index < -0.39 is 0 Å². The molecule has 3 heteroatoms. The lowest BCUT2D eigenvalue weighted by Crippen LogP contribution is -2.42. The summed E-state index contributed by atoms with van der Waals surface area (Å²) in [5.74, 6) is 0. The molecule has 1 aromatic rings. The molecule has 20 heavy (non-hydrogen) atoms. The number of ether oxygens (including phenoxy) is 1. The molecule has 1 aliphatic heterocycles. The van der Waals surface area contributed by atoms with Gasteiger partial charge in [-0.25, -0.2) is 0 Å². The first-order chi connectivity index (χ1) is 9.90. The van der Waals surface area contributed by atoms with E-state index in [1.54, 1.807) is 7.11 Å². The van der Waals surface area contributed by atoms with Crippen molar-refractivity contribution in [3.63, 3.8) is 0 Å². The predicted octanol–water partition coefficient (Wildman–Crippen LogP) is 3.06. The minimum absolute atomic E-state index is 0.706. The summed E-state index contributed by atoms with van der Waals surface area (Å²) in [4.78, 5) is 2.50. The highest BCUT2D eigenvalue weighted by molar-refractivity contribution is 5.46. The molecule has 3 nitrogen and oxygen atoms in total. The summed E-state index contributed by atoms with van der Waals surface area (Å²) >= 11 is 0. The van der Waals surface area contributed by atoms with Crippen molar-refractivity contribution in [2.75, 3.05) is 38.3 Å². The summed E-state index contributed by atoms with van der Waals surface area (Å²) in [6.45, 7) is 4.39. The highest BCUT2D eigenvalue weighted by atomic mass is 16.5. The lowest BCUT2D eigenvalue weighted by atomic mass is 10.0. The smallest absolute Gasteiger partial charge is 0.0462 e. The van der Waals surface area contributed by atoms with Gasteiger partial charge in [0.05, 0.1) is 0 Å². The minimum Gasteiger partial charge on any atom is -0.385 e. The van der Waals surface area contributed by atoms with Gasteiger partial charge in [-0.15, -0.1) is 0 Å². The number of hydrogen-bond acceptors (Lipinski definition) is 3. The van der Waals surface area contributed by atoms with E-state index in [1.807, 2.05) is 0 Å². The van der Waals surface area contributed by atoms with Crippen LogP contribution in [0.4, 0.5) is 5.69 Å². The van der Waals surface area contributed by atoms with Crippen molar-refractivity contribution >= 4 is 5.69 Å². The van der Waals surface area contributed by atoms with Crippen molar-refractivity contribution in [1.29, 1.82) is 0 Å². The van der Waals surface area contributed by atoms with Crippen molar-refractivity contribution in [2.24, 2.45) is 0 Å². The molecule has 0 bridgehead atoms. The number of rotatable bonds is 8. The van der Waals surface area contributed by atoms with Gasteiger partial charge in [-0.1, -0.05) is 18.2 Å². The Hall–Kier alpha value is -1.06. The average Bonchev–Trinajstić information content (AvgIpc) is 2.52. The predicted molar refractivity (Wildman–Crippen MR) is 85.4 cm³/mol. The maximum atomic E-state index is 5.07. The number of para-hydroxylation sites is 1. The summed E-state index contributed by atoms with van der Waals surface area (Å²) in [5.41, 5.74) is 1.37. The second kappa shape index (κ2) is 8.98. The van der Waals surface area contributed by atoms with Gasteiger partial charge in [0.25, 0.3) is 0 Å². The molecular weight excluding hydrogens is 248 g/mol. The van der Waals surface area contributed by atoms with Gasteiger partial charge in [-0.2, -0.15) is 0 Å². The molecule has 0 spiro atoms. The Labute approximate surface area is 123 Å². The number of piperidine rings is 1. The molecule has 0 aromatic heterocycles. The number of nitrogens with one attached hydrogen (secondary N) is 1. The molecule has 0 unspecified atom stereocenters. The molecular formula is C17H28N2O. The van der Waals surface area contributed by atoms with E-state index in [0.29, 0.717) is 6.04 Å². The van der Waals surface area contributed by atoms with Crippen molar-refractivity contribution in [2.45, 2.75) is 38.1 Å². The molecule has 1 aliphatic rings. The first-order valence-electron chi connectivity index (χ1n) is 7.92. The summed E-state index contributed by atoms with van der Waals surface area (Å²) in [6, 6.07) is 11.5. The van der Waals surface area contributed by atoms with Crippen LogP contribution in [0.1, 0.15) is 32.1 Å². The van der Waals surface area contributed by atoms with Crippen molar-refractivity contribution < 1.29 is 4.74 Å². The van der Waals surface area contributed by atoms with Crippen LogP contribution in [0.3, 0.4) is 0 Å². The summed E-state index contributed by atoms with van der Waals surface area (Å²) in [6.07, 6.45) is 6.23. The van der Waals surface area contributed by atoms with Gasteiger partial charge in [-0.3, -0.25) is 0 Å². The molecule has 0 saturated carbocycles. The molecule has 1 N–H and O–H groups in total. The van der Waals surface area contributed by atoms with Crippen LogP contribution in [-0.2, 0) is 4.74 Å². The van der Waals surface area contributed by atoms with E-state index in [4.69, 9.17) is 4.74 Å². The summed E-state index contributed by atoms with van der Waals surface area (Å²) in [7, 11) is 1.78. The van der Waals surface area contributed by atoms with Gasteiger partial charge < -0.3 is 15.0 Å². The maximum Gasteiger partial charge on any atom is 0.0462 e. The standard InChI is InChI=1S/C17H28N2O/c1-20-15-7-3-6-12-18-16-10-13-19(14-11-16)17-8-4-2-5-9-17/h2,4-5,8-9,16,18H,3,6-7,10-15H2,1H3. The zero-order valence-corrected chi connectivity index (χ0v) is 12.7. The van der Waals surface area contributed by atoms with Gasteiger partial charge in [0.1, 0.15) is 0 Å². The number of hydrogen-bond donors (Lipinski definition) is 1. The van der Waals surface area contributed by atoms with E-state index in [2.05, 4.69) is 40.5 Å². The van der Waals surface area contributed by atoms with Crippen molar-refractivity contribution in [1.82, 2.24) is 5.32 Å². The summed E-state index contributed by atoms with van der Waals surface area (Å²) < 4.78 is 5.07. The zero-order valence-electron chi connectivity index (χ0n) is 12.7. The Morgan fingerprint density at radius 1 is 1.10 bits per heavy atom. The Morgan fingerprint density at radius 2 is 1.85 bits per heavy atom. The fraction of sp³-hybridized carbons (Fsp3) is 0.647. The lowest BCUT2D eigenvalue weighted by Gasteiger charge is -2.34. The molecule has 2 rings (SSSR count). The number of unbranched alkanes of at least 4 members (excludes halogenated alkanes) is 2. The van der Waals surface area contributed by atoms with Crippen LogP contribution in [0.25, 0.3) is 0 Å². The fourth-order valence-corrected chi connectivity index (χ4v) is 2.83. The van der Waals surface area contributed by atoms with Crippen LogP contribution in [0.5, 0.6) is 0 Å². The van der Waals surface area contributed by atoms with Crippen molar-refractivity contribution in [3.05, 3.63) is 30.3 Å². The third kappa shape index (κ3) is 5.14. The number of anilines is 1. The third-order valence-corrected chi connectivity index (χ3v) is 4.07. The Balaban J connectivity index is 1.58. The topological polar surface area (TPSA) is 24.5 Å². The van der Waals surface area contributed by atoms with E-state index in [1.165, 1.54) is 50.9 Å². The number of methoxy groups -OCH3 is 1. The Morgan fingerprint density at radius 3 is 2.55 bits per heavy atom. The van der Waals surface area contributed by atoms with Crippen molar-refractivity contribution in [3.8, 4) is 0 Å². The maximum absolute atomic E-state index is 5.07. The van der Waals surface area contributed by atoms with Crippen LogP contribution in [0.15, 0.2) is 30.3 Å². The second-order valence-electron chi connectivity index (χ2n) is 5.60. The monoisotopic (exact) mass is 276 g/mol. The zero-order chi connectivity index (χ0) is 14.0. The second-order valence-corrected chi connectivity index (χ2v) is 5.60. The Kier molecular flexibility index (Phi) is 6.89. The van der Waals surface area contributed by atoms with Crippen LogP contribution in [-0.4, -0.2) is 39.4 Å². The quantitative estimate of drug-likeness (QED) is 0.739. The highest BCUT2D eigenvalue weighted by Crippen LogP contribution is 2.19. The average molecular weight is 276 g/mol. The van der Waals surface area contributed by atoms with Crippen LogP contribution >= 0.6 is 0 Å². The van der Waals surface area contributed by atoms with Crippen LogP contribution < -0.4 is 10.2 Å². The molecule has 0 radical (unpaired) electrons. The van der Waals surface area contributed by atoms with E-state index in [0.717, 1.165) is 13.2 Å². The first-order valence-corrected chi connectivity index (χ1v) is 7.92. The third-order valence-electron chi connectivity index (χ3n) is 4.07. The molecule has 112 valence electrons. The SMILES string of the molecule is COCCCCCNC1CCN(c2ccccc2)CC1. The van der Waals surface area contributed by atoms with Gasteiger partial charge in [0.15, 0.2) is 0 Å². The molecule has 1 saturated heterocycles. The highest BCUT2D eigenvalue weighted by Gasteiger charge is 2.18. The number of benzene rings is 1. The van der Waals surface area contributed by atoms with Gasteiger partial charge >= 0.3 is 0 Å². The van der Waals surface area contributed by atoms with Gasteiger partial charge in [0, 0.05) is 38.5 Å². The molecule has 1 fully saturated rings. The minimum atomic E-state index is 0.706. The Bertz CT molecular complexity index is 347. The molecule has 1 heterocycles. The van der Waals surface area contributed by atoms with Gasteiger partial charge in [0.2, 0.25) is 0 Å².